The molecule has 0 spiro atoms. The summed E-state index contributed by atoms with van der Waals surface area (Å²) in [5, 5.41) is 2.90. The predicted octanol–water partition coefficient (Wildman–Crippen LogP) is 4.91. The van der Waals surface area contributed by atoms with Crippen molar-refractivity contribution in [3.8, 4) is 0 Å². The van der Waals surface area contributed by atoms with Gasteiger partial charge in [-0.2, -0.15) is 0 Å². The molecule has 7 nitrogen and oxygen atoms in total. The first-order chi connectivity index (χ1) is 18.5. The average molecular weight is 554 g/mol. The number of benzene rings is 3. The number of hydrogen-bond donors (Lipinski definition) is 1. The molecular formula is C30H36FN3O4S. The molecule has 3 aromatic carbocycles. The number of nitrogens with zero attached hydrogens (tertiary/aromatic N) is 2. The summed E-state index contributed by atoms with van der Waals surface area (Å²) in [6, 6.07) is 19.5. The van der Waals surface area contributed by atoms with Gasteiger partial charge in [-0.15, -0.1) is 0 Å². The molecule has 0 radical (unpaired) electrons. The van der Waals surface area contributed by atoms with Gasteiger partial charge in [-0.1, -0.05) is 68.8 Å². The number of hydrogen-bond acceptors (Lipinski definition) is 4. The smallest absolute Gasteiger partial charge is 0.264 e. The van der Waals surface area contributed by atoms with Crippen molar-refractivity contribution < 1.29 is 22.4 Å². The third-order valence-corrected chi connectivity index (χ3v) is 8.06. The largest absolute Gasteiger partial charge is 0.354 e. The number of sulfonamides is 1. The second kappa shape index (κ2) is 13.4. The first kappa shape index (κ1) is 29.8. The molecule has 0 unspecified atom stereocenters. The van der Waals surface area contributed by atoms with Crippen LogP contribution < -0.4 is 9.62 Å². The van der Waals surface area contributed by atoms with Gasteiger partial charge >= 0.3 is 0 Å². The highest BCUT2D eigenvalue weighted by molar-refractivity contribution is 7.92. The van der Waals surface area contributed by atoms with Gasteiger partial charge < -0.3 is 10.2 Å². The number of aryl methyl sites for hydroxylation is 1. The molecule has 3 rings (SSSR count). The molecule has 0 saturated carbocycles. The lowest BCUT2D eigenvalue weighted by atomic mass is 10.1. The number of carbonyl (C=O) groups is 2. The SMILES string of the molecule is CC[C@@H](C(=O)NCC(C)C)N(Cc1ccc(C)cc1)C(=O)CN(c1ccc(F)cc1)S(=O)(=O)c1ccccc1. The summed E-state index contributed by atoms with van der Waals surface area (Å²) < 4.78 is 42.1. The lowest BCUT2D eigenvalue weighted by Gasteiger charge is -2.33. The van der Waals surface area contributed by atoms with Crippen LogP contribution in [0.4, 0.5) is 10.1 Å². The Morgan fingerprint density at radius 2 is 1.54 bits per heavy atom. The Bertz CT molecular complexity index is 1350. The van der Waals surface area contributed by atoms with E-state index < -0.39 is 34.3 Å². The normalized spacial score (nSPS) is 12.2. The van der Waals surface area contributed by atoms with Gasteiger partial charge in [0, 0.05) is 13.1 Å². The van der Waals surface area contributed by atoms with Crippen LogP contribution >= 0.6 is 0 Å². The fourth-order valence-electron chi connectivity index (χ4n) is 4.09. The highest BCUT2D eigenvalue weighted by Gasteiger charge is 2.33. The van der Waals surface area contributed by atoms with Gasteiger partial charge in [0.15, 0.2) is 0 Å². The highest BCUT2D eigenvalue weighted by atomic mass is 32.2. The molecule has 0 aromatic heterocycles. The van der Waals surface area contributed by atoms with E-state index in [1.165, 1.54) is 29.2 Å². The van der Waals surface area contributed by atoms with Crippen molar-refractivity contribution in [1.82, 2.24) is 10.2 Å². The van der Waals surface area contributed by atoms with E-state index in [4.69, 9.17) is 0 Å². The van der Waals surface area contributed by atoms with Gasteiger partial charge in [0.05, 0.1) is 10.6 Å². The molecule has 0 aliphatic carbocycles. The minimum atomic E-state index is -4.19. The summed E-state index contributed by atoms with van der Waals surface area (Å²) in [5.41, 5.74) is 2.00. The van der Waals surface area contributed by atoms with Crippen LogP contribution in [0.5, 0.6) is 0 Å². The minimum absolute atomic E-state index is 0.00562. The van der Waals surface area contributed by atoms with Gasteiger partial charge in [0.2, 0.25) is 11.8 Å². The lowest BCUT2D eigenvalue weighted by Crippen LogP contribution is -2.52. The van der Waals surface area contributed by atoms with E-state index >= 15 is 0 Å². The number of amides is 2. The zero-order valence-electron chi connectivity index (χ0n) is 22.8. The van der Waals surface area contributed by atoms with Crippen LogP contribution in [0.1, 0.15) is 38.3 Å². The summed E-state index contributed by atoms with van der Waals surface area (Å²) in [6.07, 6.45) is 0.337. The molecule has 0 bridgehead atoms. The van der Waals surface area contributed by atoms with Gasteiger partial charge in [-0.05, 0) is 61.2 Å². The molecule has 39 heavy (non-hydrogen) atoms. The van der Waals surface area contributed by atoms with E-state index in [-0.39, 0.29) is 29.0 Å². The molecule has 2 amide bonds. The number of carbonyl (C=O) groups excluding carboxylic acids is 2. The quantitative estimate of drug-likeness (QED) is 0.345. The Hall–Kier alpha value is -3.72. The van der Waals surface area contributed by atoms with Crippen molar-refractivity contribution in [1.29, 1.82) is 0 Å². The van der Waals surface area contributed by atoms with Crippen molar-refractivity contribution in [2.45, 2.75) is 51.6 Å². The fraction of sp³-hybridized carbons (Fsp3) is 0.333. The molecule has 0 heterocycles. The monoisotopic (exact) mass is 553 g/mol. The number of halogens is 1. The topological polar surface area (TPSA) is 86.8 Å². The predicted molar refractivity (Wildman–Crippen MR) is 151 cm³/mol. The highest BCUT2D eigenvalue weighted by Crippen LogP contribution is 2.25. The fourth-order valence-corrected chi connectivity index (χ4v) is 5.52. The molecule has 208 valence electrons. The lowest BCUT2D eigenvalue weighted by molar-refractivity contribution is -0.140. The zero-order chi connectivity index (χ0) is 28.6. The van der Waals surface area contributed by atoms with Crippen LogP contribution in [0.2, 0.25) is 0 Å². The molecule has 1 atom stereocenters. The summed E-state index contributed by atoms with van der Waals surface area (Å²) >= 11 is 0. The van der Waals surface area contributed by atoms with Crippen LogP contribution in [0, 0.1) is 18.7 Å². The van der Waals surface area contributed by atoms with Crippen molar-refractivity contribution >= 4 is 27.5 Å². The van der Waals surface area contributed by atoms with Crippen LogP contribution in [-0.4, -0.2) is 44.3 Å². The van der Waals surface area contributed by atoms with Gasteiger partial charge in [-0.3, -0.25) is 13.9 Å². The van der Waals surface area contributed by atoms with Crippen LogP contribution in [0.3, 0.4) is 0 Å². The number of anilines is 1. The molecule has 0 fully saturated rings. The molecule has 3 aromatic rings. The minimum Gasteiger partial charge on any atom is -0.354 e. The molecular weight excluding hydrogens is 517 g/mol. The molecule has 0 aliphatic rings. The van der Waals surface area contributed by atoms with E-state index in [0.29, 0.717) is 13.0 Å². The van der Waals surface area contributed by atoms with E-state index in [2.05, 4.69) is 5.32 Å². The van der Waals surface area contributed by atoms with Gasteiger partial charge in [0.25, 0.3) is 10.0 Å². The Morgan fingerprint density at radius 1 is 0.923 bits per heavy atom. The Morgan fingerprint density at radius 3 is 2.10 bits per heavy atom. The first-order valence-electron chi connectivity index (χ1n) is 13.0. The standard InChI is InChI=1S/C30H36FN3O4S/c1-5-28(30(36)32-19-22(2)3)33(20-24-13-11-23(4)12-14-24)29(35)21-34(26-17-15-25(31)16-18-26)39(37,38)27-9-7-6-8-10-27/h6-18,22,28H,5,19-21H2,1-4H3,(H,32,36)/t28-/m0/s1. The van der Waals surface area contributed by atoms with Crippen LogP contribution in [-0.2, 0) is 26.2 Å². The number of nitrogens with one attached hydrogen (secondary N) is 1. The van der Waals surface area contributed by atoms with Crippen molar-refractivity contribution in [2.24, 2.45) is 5.92 Å². The van der Waals surface area contributed by atoms with Gasteiger partial charge in [0.1, 0.15) is 18.4 Å². The van der Waals surface area contributed by atoms with Crippen molar-refractivity contribution in [3.63, 3.8) is 0 Å². The van der Waals surface area contributed by atoms with E-state index in [0.717, 1.165) is 27.6 Å². The summed E-state index contributed by atoms with van der Waals surface area (Å²) in [5.74, 6) is -1.16. The summed E-state index contributed by atoms with van der Waals surface area (Å²) in [4.78, 5) is 28.6. The molecule has 9 heteroatoms. The Labute approximate surface area is 230 Å². The molecule has 1 N–H and O–H groups in total. The third-order valence-electron chi connectivity index (χ3n) is 6.27. The van der Waals surface area contributed by atoms with Crippen molar-refractivity contribution in [2.75, 3.05) is 17.4 Å². The van der Waals surface area contributed by atoms with Crippen molar-refractivity contribution in [3.05, 3.63) is 95.8 Å². The molecule has 0 aliphatic heterocycles. The number of rotatable bonds is 12. The van der Waals surface area contributed by atoms with E-state index in [1.807, 2.05) is 52.0 Å². The third kappa shape index (κ3) is 7.89. The zero-order valence-corrected chi connectivity index (χ0v) is 23.6. The van der Waals surface area contributed by atoms with Crippen LogP contribution in [0.15, 0.2) is 83.8 Å². The maximum atomic E-state index is 14.0. The van der Waals surface area contributed by atoms with Crippen LogP contribution in [0.25, 0.3) is 0 Å². The summed E-state index contributed by atoms with van der Waals surface area (Å²) in [7, 11) is -4.19. The Kier molecular flexibility index (Phi) is 10.2. The Balaban J connectivity index is 2.02. The average Bonchev–Trinajstić information content (AvgIpc) is 2.92. The van der Waals surface area contributed by atoms with E-state index in [1.54, 1.807) is 18.2 Å². The second-order valence-corrected chi connectivity index (χ2v) is 11.7. The maximum absolute atomic E-state index is 14.0. The van der Waals surface area contributed by atoms with Gasteiger partial charge in [-0.25, -0.2) is 12.8 Å². The molecule has 0 saturated heterocycles. The second-order valence-electron chi connectivity index (χ2n) is 9.87. The van der Waals surface area contributed by atoms with E-state index in [9.17, 15) is 22.4 Å². The summed E-state index contributed by atoms with van der Waals surface area (Å²) in [6.45, 7) is 7.73. The maximum Gasteiger partial charge on any atom is 0.264 e. The first-order valence-corrected chi connectivity index (χ1v) is 14.4.